The minimum Gasteiger partial charge on any atom is -0.494 e. The third-order valence-electron chi connectivity index (χ3n) is 7.05. The molecule has 0 amide bonds. The second-order valence-electron chi connectivity index (χ2n) is 10.1. The van der Waals surface area contributed by atoms with E-state index in [2.05, 4.69) is 17.0 Å². The van der Waals surface area contributed by atoms with Crippen LogP contribution in [0.2, 0.25) is 0 Å². The number of aromatic nitrogens is 5. The molecule has 0 saturated carbocycles. The van der Waals surface area contributed by atoms with E-state index in [1.807, 2.05) is 103 Å². The predicted molar refractivity (Wildman–Crippen MR) is 171 cm³/mol. The number of benzene rings is 3. The van der Waals surface area contributed by atoms with Gasteiger partial charge in [0, 0.05) is 22.9 Å². The maximum atomic E-state index is 13.4. The molecule has 0 radical (unpaired) electrons. The number of ether oxygens (including phenoxy) is 2. The average Bonchev–Trinajstić information content (AvgIpc) is 3.73. The van der Waals surface area contributed by atoms with Crippen LogP contribution in [0.25, 0.3) is 39.4 Å². The highest BCUT2D eigenvalue weighted by molar-refractivity contribution is 7.15. The quantitative estimate of drug-likeness (QED) is 0.150. The molecule has 6 rings (SSSR count). The highest BCUT2D eigenvalue weighted by Gasteiger charge is 2.15. The Kier molecular flexibility index (Phi) is 8.60. The second-order valence-corrected chi connectivity index (χ2v) is 11.2. The highest BCUT2D eigenvalue weighted by atomic mass is 32.1. The van der Waals surface area contributed by atoms with Crippen LogP contribution in [-0.4, -0.2) is 37.6 Å². The molecule has 0 bridgehead atoms. The SMILES string of the molecule is CCCCCCOc1ccc(-c2nc3sc(=Cc4cn(-c5ccccc5)nc4-c4ccc(OCC)cc4)c(=O)n3n2)cc1. The van der Waals surface area contributed by atoms with Crippen molar-refractivity contribution in [1.82, 2.24) is 24.4 Å². The van der Waals surface area contributed by atoms with Crippen molar-refractivity contribution in [3.05, 3.63) is 106 Å². The normalized spacial score (nSPS) is 11.8. The summed E-state index contributed by atoms with van der Waals surface area (Å²) in [6.07, 6.45) is 8.48. The summed E-state index contributed by atoms with van der Waals surface area (Å²) in [7, 11) is 0. The summed E-state index contributed by atoms with van der Waals surface area (Å²) in [4.78, 5) is 18.7. The molecule has 218 valence electrons. The van der Waals surface area contributed by atoms with Crippen LogP contribution in [0.4, 0.5) is 0 Å². The van der Waals surface area contributed by atoms with Crippen LogP contribution < -0.4 is 19.6 Å². The van der Waals surface area contributed by atoms with Gasteiger partial charge in [-0.05, 0) is 80.1 Å². The number of hydrogen-bond donors (Lipinski definition) is 0. The van der Waals surface area contributed by atoms with Crippen LogP contribution in [0.1, 0.15) is 45.1 Å². The number of unbranched alkanes of at least 4 members (excludes halogenated alkanes) is 3. The number of nitrogens with zero attached hydrogens (tertiary/aromatic N) is 5. The van der Waals surface area contributed by atoms with Gasteiger partial charge in [0.05, 0.1) is 23.4 Å². The molecule has 6 aromatic rings. The molecule has 0 aliphatic rings. The van der Waals surface area contributed by atoms with E-state index in [4.69, 9.17) is 14.6 Å². The molecule has 0 unspecified atom stereocenters. The van der Waals surface area contributed by atoms with Gasteiger partial charge in [-0.3, -0.25) is 4.79 Å². The maximum absolute atomic E-state index is 13.4. The minimum absolute atomic E-state index is 0.212. The van der Waals surface area contributed by atoms with Gasteiger partial charge < -0.3 is 9.47 Å². The fraction of sp³-hybridized carbons (Fsp3) is 0.235. The molecule has 3 heterocycles. The smallest absolute Gasteiger partial charge is 0.291 e. The zero-order valence-electron chi connectivity index (χ0n) is 24.3. The minimum atomic E-state index is -0.212. The molecule has 0 N–H and O–H groups in total. The first-order valence-electron chi connectivity index (χ1n) is 14.7. The zero-order valence-corrected chi connectivity index (χ0v) is 25.1. The summed E-state index contributed by atoms with van der Waals surface area (Å²) < 4.78 is 15.2. The van der Waals surface area contributed by atoms with Crippen LogP contribution in [0, 0.1) is 0 Å². The van der Waals surface area contributed by atoms with Crippen LogP contribution in [0.5, 0.6) is 11.5 Å². The van der Waals surface area contributed by atoms with Crippen molar-refractivity contribution < 1.29 is 9.47 Å². The van der Waals surface area contributed by atoms with Gasteiger partial charge in [0.2, 0.25) is 4.96 Å². The topological polar surface area (TPSA) is 83.5 Å². The van der Waals surface area contributed by atoms with E-state index in [1.165, 1.54) is 35.1 Å². The molecule has 43 heavy (non-hydrogen) atoms. The molecule has 0 spiro atoms. The van der Waals surface area contributed by atoms with Crippen LogP contribution >= 0.6 is 11.3 Å². The van der Waals surface area contributed by atoms with Gasteiger partial charge in [0.15, 0.2) is 5.82 Å². The third kappa shape index (κ3) is 6.36. The largest absolute Gasteiger partial charge is 0.494 e. The summed E-state index contributed by atoms with van der Waals surface area (Å²) in [5.41, 5.74) is 4.06. The first kappa shape index (κ1) is 28.4. The number of para-hydroxylation sites is 1. The van der Waals surface area contributed by atoms with Gasteiger partial charge in [0.25, 0.3) is 5.56 Å². The molecule has 9 heteroatoms. The Hall–Kier alpha value is -4.76. The predicted octanol–water partition coefficient (Wildman–Crippen LogP) is 6.58. The van der Waals surface area contributed by atoms with Crippen LogP contribution in [-0.2, 0) is 0 Å². The Labute approximate surface area is 253 Å². The van der Waals surface area contributed by atoms with E-state index in [0.29, 0.717) is 28.5 Å². The maximum Gasteiger partial charge on any atom is 0.291 e. The lowest BCUT2D eigenvalue weighted by atomic mass is 10.1. The molecular weight excluding hydrogens is 558 g/mol. The number of thiazole rings is 1. The van der Waals surface area contributed by atoms with Crippen molar-refractivity contribution in [2.75, 3.05) is 13.2 Å². The number of hydrogen-bond acceptors (Lipinski definition) is 7. The van der Waals surface area contributed by atoms with E-state index in [-0.39, 0.29) is 5.56 Å². The van der Waals surface area contributed by atoms with E-state index in [1.54, 1.807) is 0 Å². The fourth-order valence-corrected chi connectivity index (χ4v) is 5.72. The Morgan fingerprint density at radius 1 is 0.814 bits per heavy atom. The van der Waals surface area contributed by atoms with Gasteiger partial charge in [-0.2, -0.15) is 14.6 Å². The standard InChI is InChI=1S/C34H33N5O3S/c1-3-5-6-10-21-42-29-19-15-25(16-20-29)32-35-34-39(37-32)33(40)30(43-34)22-26-23-38(27-11-8-7-9-12-27)36-31(26)24-13-17-28(18-14-24)41-4-2/h7-9,11-20,22-23H,3-6,10,21H2,1-2H3. The molecule has 3 aromatic heterocycles. The molecule has 0 aliphatic carbocycles. The van der Waals surface area contributed by atoms with Crippen molar-refractivity contribution in [3.8, 4) is 39.8 Å². The Morgan fingerprint density at radius 2 is 1.53 bits per heavy atom. The summed E-state index contributed by atoms with van der Waals surface area (Å²) in [6.45, 7) is 5.47. The summed E-state index contributed by atoms with van der Waals surface area (Å²) in [6, 6.07) is 25.4. The molecule has 3 aromatic carbocycles. The van der Waals surface area contributed by atoms with Gasteiger partial charge in [-0.1, -0.05) is 55.7 Å². The second kappa shape index (κ2) is 13.0. The van der Waals surface area contributed by atoms with Crippen molar-refractivity contribution >= 4 is 22.4 Å². The highest BCUT2D eigenvalue weighted by Crippen LogP contribution is 2.27. The number of fused-ring (bicyclic) bond motifs is 1. The molecule has 0 atom stereocenters. The lowest BCUT2D eigenvalue weighted by Gasteiger charge is -2.06. The molecule has 8 nitrogen and oxygen atoms in total. The van der Waals surface area contributed by atoms with Crippen LogP contribution in [0.15, 0.2) is 89.9 Å². The number of rotatable bonds is 12. The van der Waals surface area contributed by atoms with Gasteiger partial charge in [-0.25, -0.2) is 4.68 Å². The molecule has 0 fully saturated rings. The fourth-order valence-electron chi connectivity index (χ4n) is 4.82. The summed E-state index contributed by atoms with van der Waals surface area (Å²) >= 11 is 1.31. The van der Waals surface area contributed by atoms with E-state index in [0.717, 1.165) is 46.0 Å². The molecular formula is C34H33N5O3S. The van der Waals surface area contributed by atoms with Crippen molar-refractivity contribution in [3.63, 3.8) is 0 Å². The van der Waals surface area contributed by atoms with E-state index in [9.17, 15) is 4.79 Å². The monoisotopic (exact) mass is 591 g/mol. The Balaban J connectivity index is 1.30. The van der Waals surface area contributed by atoms with E-state index < -0.39 is 0 Å². The van der Waals surface area contributed by atoms with Crippen molar-refractivity contribution in [1.29, 1.82) is 0 Å². The first-order chi connectivity index (χ1) is 21.1. The van der Waals surface area contributed by atoms with Gasteiger partial charge in [-0.15, -0.1) is 5.10 Å². The Morgan fingerprint density at radius 3 is 2.23 bits per heavy atom. The van der Waals surface area contributed by atoms with Crippen LogP contribution in [0.3, 0.4) is 0 Å². The van der Waals surface area contributed by atoms with Gasteiger partial charge in [0.1, 0.15) is 17.2 Å². The Bertz CT molecular complexity index is 1910. The van der Waals surface area contributed by atoms with E-state index >= 15 is 0 Å². The first-order valence-corrected chi connectivity index (χ1v) is 15.5. The third-order valence-corrected chi connectivity index (χ3v) is 8.01. The summed E-state index contributed by atoms with van der Waals surface area (Å²) in [5.74, 6) is 2.13. The summed E-state index contributed by atoms with van der Waals surface area (Å²) in [5, 5.41) is 9.42. The van der Waals surface area contributed by atoms with Crippen molar-refractivity contribution in [2.24, 2.45) is 0 Å². The van der Waals surface area contributed by atoms with Crippen molar-refractivity contribution in [2.45, 2.75) is 39.5 Å². The van der Waals surface area contributed by atoms with Gasteiger partial charge >= 0.3 is 0 Å². The lowest BCUT2D eigenvalue weighted by molar-refractivity contribution is 0.305. The zero-order chi connectivity index (χ0) is 29.6. The lowest BCUT2D eigenvalue weighted by Crippen LogP contribution is -2.23. The molecule has 0 saturated heterocycles. The average molecular weight is 592 g/mol. The molecule has 0 aliphatic heterocycles.